The lowest BCUT2D eigenvalue weighted by atomic mass is 10.1. The minimum absolute atomic E-state index is 0.0762. The van der Waals surface area contributed by atoms with Crippen LogP contribution in [-0.4, -0.2) is 33.8 Å². The van der Waals surface area contributed by atoms with Crippen molar-refractivity contribution in [1.29, 1.82) is 0 Å². The van der Waals surface area contributed by atoms with E-state index < -0.39 is 0 Å². The predicted molar refractivity (Wildman–Crippen MR) is 76.8 cm³/mol. The monoisotopic (exact) mass is 265 g/mol. The van der Waals surface area contributed by atoms with Crippen LogP contribution in [0.5, 0.6) is 0 Å². The van der Waals surface area contributed by atoms with Crippen LogP contribution in [0.4, 0.5) is 5.82 Å². The molecule has 1 aromatic heterocycles. The van der Waals surface area contributed by atoms with Gasteiger partial charge in [-0.2, -0.15) is 5.10 Å². The maximum Gasteiger partial charge on any atom is 0.174 e. The fourth-order valence-electron chi connectivity index (χ4n) is 2.00. The molecule has 0 unspecified atom stereocenters. The van der Waals surface area contributed by atoms with Gasteiger partial charge in [-0.05, 0) is 39.7 Å². The van der Waals surface area contributed by atoms with E-state index >= 15 is 0 Å². The third-order valence-electron chi connectivity index (χ3n) is 3.16. The summed E-state index contributed by atoms with van der Waals surface area (Å²) >= 11 is 0. The SMILES string of the molecule is CCCN(c1nnc(C)c(C)c1/C(N)=N/O)C(C)C. The number of oxime groups is 1. The number of rotatable bonds is 5. The maximum absolute atomic E-state index is 8.97. The molecule has 0 radical (unpaired) electrons. The highest BCUT2D eigenvalue weighted by Crippen LogP contribution is 2.23. The van der Waals surface area contributed by atoms with Gasteiger partial charge in [-0.1, -0.05) is 12.1 Å². The Labute approximate surface area is 114 Å². The highest BCUT2D eigenvalue weighted by atomic mass is 16.4. The molecule has 1 rings (SSSR count). The standard InChI is InChI=1S/C13H23N5O/c1-6-7-18(8(2)3)13-11(12(14)17-19)9(4)10(5)15-16-13/h8,19H,6-7H2,1-5H3,(H2,14,17). The first kappa shape index (κ1) is 15.2. The van der Waals surface area contributed by atoms with Crippen molar-refractivity contribution < 1.29 is 5.21 Å². The molecule has 0 spiro atoms. The molecule has 0 aliphatic carbocycles. The van der Waals surface area contributed by atoms with Gasteiger partial charge < -0.3 is 15.8 Å². The van der Waals surface area contributed by atoms with Gasteiger partial charge in [-0.25, -0.2) is 0 Å². The third-order valence-corrected chi connectivity index (χ3v) is 3.16. The molecule has 0 saturated carbocycles. The zero-order valence-electron chi connectivity index (χ0n) is 12.3. The zero-order valence-corrected chi connectivity index (χ0v) is 12.3. The Hall–Kier alpha value is -1.85. The molecule has 6 nitrogen and oxygen atoms in total. The van der Waals surface area contributed by atoms with Crippen LogP contribution >= 0.6 is 0 Å². The van der Waals surface area contributed by atoms with Crippen molar-refractivity contribution in [3.05, 3.63) is 16.8 Å². The molecule has 0 aliphatic rings. The molecule has 6 heteroatoms. The van der Waals surface area contributed by atoms with E-state index in [0.29, 0.717) is 11.4 Å². The molecule has 19 heavy (non-hydrogen) atoms. The second-order valence-corrected chi connectivity index (χ2v) is 4.88. The lowest BCUT2D eigenvalue weighted by Crippen LogP contribution is -2.35. The summed E-state index contributed by atoms with van der Waals surface area (Å²) in [4.78, 5) is 2.12. The summed E-state index contributed by atoms with van der Waals surface area (Å²) in [5.74, 6) is 0.752. The number of hydrogen-bond donors (Lipinski definition) is 2. The summed E-state index contributed by atoms with van der Waals surface area (Å²) in [6.07, 6.45) is 0.988. The fraction of sp³-hybridized carbons (Fsp3) is 0.615. The second kappa shape index (κ2) is 6.36. The van der Waals surface area contributed by atoms with E-state index in [4.69, 9.17) is 10.9 Å². The van der Waals surface area contributed by atoms with Crippen LogP contribution in [0.2, 0.25) is 0 Å². The molecule has 0 amide bonds. The van der Waals surface area contributed by atoms with Gasteiger partial charge in [-0.3, -0.25) is 0 Å². The van der Waals surface area contributed by atoms with Crippen LogP contribution < -0.4 is 10.6 Å². The largest absolute Gasteiger partial charge is 0.409 e. The summed E-state index contributed by atoms with van der Waals surface area (Å²) in [6.45, 7) is 10.9. The molecule has 0 saturated heterocycles. The quantitative estimate of drug-likeness (QED) is 0.367. The van der Waals surface area contributed by atoms with Gasteiger partial charge in [0, 0.05) is 12.6 Å². The zero-order chi connectivity index (χ0) is 14.6. The number of hydrogen-bond acceptors (Lipinski definition) is 5. The lowest BCUT2D eigenvalue weighted by molar-refractivity contribution is 0.318. The van der Waals surface area contributed by atoms with Crippen LogP contribution in [0, 0.1) is 13.8 Å². The molecule has 1 heterocycles. The van der Waals surface area contributed by atoms with Gasteiger partial charge in [0.1, 0.15) is 0 Å². The first-order valence-electron chi connectivity index (χ1n) is 6.52. The normalized spacial score (nSPS) is 12.0. The van der Waals surface area contributed by atoms with Crippen molar-refractivity contribution in [2.75, 3.05) is 11.4 Å². The molecule has 0 fully saturated rings. The number of aryl methyl sites for hydroxylation is 1. The molecule has 1 aromatic rings. The predicted octanol–water partition coefficient (Wildman–Crippen LogP) is 1.81. The molecule has 0 bridgehead atoms. The number of amidine groups is 1. The molecule has 0 aromatic carbocycles. The Morgan fingerprint density at radius 1 is 1.37 bits per heavy atom. The lowest BCUT2D eigenvalue weighted by Gasteiger charge is -2.29. The smallest absolute Gasteiger partial charge is 0.174 e. The Bertz CT molecular complexity index is 470. The molecule has 0 atom stereocenters. The van der Waals surface area contributed by atoms with Crippen LogP contribution in [0.3, 0.4) is 0 Å². The highest BCUT2D eigenvalue weighted by molar-refractivity contribution is 6.02. The number of nitrogens with zero attached hydrogens (tertiary/aromatic N) is 4. The van der Waals surface area contributed by atoms with Crippen LogP contribution in [0.15, 0.2) is 5.16 Å². The highest BCUT2D eigenvalue weighted by Gasteiger charge is 2.21. The van der Waals surface area contributed by atoms with E-state index in [2.05, 4.69) is 41.0 Å². The molecular weight excluding hydrogens is 242 g/mol. The Balaban J connectivity index is 3.45. The molecule has 3 N–H and O–H groups in total. The first-order chi connectivity index (χ1) is 8.93. The van der Waals surface area contributed by atoms with Crippen LogP contribution in [0.1, 0.15) is 44.0 Å². The van der Waals surface area contributed by atoms with Crippen molar-refractivity contribution >= 4 is 11.7 Å². The van der Waals surface area contributed by atoms with Crippen molar-refractivity contribution in [2.45, 2.75) is 47.1 Å². The molecular formula is C13H23N5O. The Morgan fingerprint density at radius 2 is 2.00 bits per heavy atom. The van der Waals surface area contributed by atoms with Gasteiger partial charge in [0.05, 0.1) is 11.3 Å². The van der Waals surface area contributed by atoms with E-state index in [0.717, 1.165) is 24.2 Å². The van der Waals surface area contributed by atoms with Gasteiger partial charge in [0.25, 0.3) is 0 Å². The summed E-state index contributed by atoms with van der Waals surface area (Å²) in [7, 11) is 0. The average Bonchev–Trinajstić information content (AvgIpc) is 2.38. The van der Waals surface area contributed by atoms with Crippen molar-refractivity contribution in [3.63, 3.8) is 0 Å². The minimum atomic E-state index is 0.0762. The third kappa shape index (κ3) is 3.13. The van der Waals surface area contributed by atoms with Crippen molar-refractivity contribution in [3.8, 4) is 0 Å². The van der Waals surface area contributed by atoms with Crippen molar-refractivity contribution in [2.24, 2.45) is 10.9 Å². The van der Waals surface area contributed by atoms with Crippen LogP contribution in [-0.2, 0) is 0 Å². The number of aromatic nitrogens is 2. The molecule has 106 valence electrons. The van der Waals surface area contributed by atoms with E-state index in [-0.39, 0.29) is 11.9 Å². The Morgan fingerprint density at radius 3 is 2.47 bits per heavy atom. The second-order valence-electron chi connectivity index (χ2n) is 4.88. The van der Waals surface area contributed by atoms with Gasteiger partial charge in [-0.15, -0.1) is 5.10 Å². The number of anilines is 1. The first-order valence-corrected chi connectivity index (χ1v) is 6.52. The summed E-state index contributed by atoms with van der Waals surface area (Å²) in [6, 6.07) is 0.265. The summed E-state index contributed by atoms with van der Waals surface area (Å²) < 4.78 is 0. The Kier molecular flexibility index (Phi) is 5.09. The van der Waals surface area contributed by atoms with E-state index in [9.17, 15) is 0 Å². The van der Waals surface area contributed by atoms with E-state index in [1.165, 1.54) is 0 Å². The maximum atomic E-state index is 8.97. The van der Waals surface area contributed by atoms with Gasteiger partial charge >= 0.3 is 0 Å². The van der Waals surface area contributed by atoms with E-state index in [1.54, 1.807) is 0 Å². The fourth-order valence-corrected chi connectivity index (χ4v) is 2.00. The molecule has 0 aliphatic heterocycles. The van der Waals surface area contributed by atoms with Gasteiger partial charge in [0.15, 0.2) is 11.7 Å². The number of nitrogens with two attached hydrogens (primary N) is 1. The minimum Gasteiger partial charge on any atom is -0.409 e. The summed E-state index contributed by atoms with van der Waals surface area (Å²) in [5.41, 5.74) is 8.14. The van der Waals surface area contributed by atoms with E-state index in [1.807, 2.05) is 13.8 Å². The van der Waals surface area contributed by atoms with Crippen molar-refractivity contribution in [1.82, 2.24) is 10.2 Å². The topological polar surface area (TPSA) is 87.6 Å². The van der Waals surface area contributed by atoms with Gasteiger partial charge in [0.2, 0.25) is 0 Å². The average molecular weight is 265 g/mol. The summed E-state index contributed by atoms with van der Waals surface area (Å²) in [5, 5.41) is 20.5. The van der Waals surface area contributed by atoms with Crippen LogP contribution in [0.25, 0.3) is 0 Å².